The van der Waals surface area contributed by atoms with E-state index in [4.69, 9.17) is 9.47 Å². The molecular weight excluding hydrogens is 318 g/mol. The molecule has 1 N–H and O–H groups in total. The average Bonchev–Trinajstić information content (AvgIpc) is 2.61. The van der Waals surface area contributed by atoms with Crippen LogP contribution in [0, 0.1) is 5.92 Å². The number of benzene rings is 1. The monoisotopic (exact) mass is 349 g/mol. The Morgan fingerprint density at radius 2 is 1.80 bits per heavy atom. The largest absolute Gasteiger partial charge is 0.493 e. The maximum absolute atomic E-state index is 12.2. The Hall–Kier alpha value is -1.79. The number of piperazine rings is 1. The van der Waals surface area contributed by atoms with Gasteiger partial charge in [0, 0.05) is 38.8 Å². The number of carbonyl (C=O) groups excluding carboxylic acids is 1. The van der Waals surface area contributed by atoms with Crippen molar-refractivity contribution in [3.8, 4) is 11.5 Å². The van der Waals surface area contributed by atoms with E-state index in [-0.39, 0.29) is 12.5 Å². The highest BCUT2D eigenvalue weighted by molar-refractivity contribution is 5.77. The first-order valence-electron chi connectivity index (χ1n) is 8.96. The molecule has 6 heteroatoms. The molecule has 0 spiro atoms. The summed E-state index contributed by atoms with van der Waals surface area (Å²) in [6.45, 7) is 9.31. The van der Waals surface area contributed by atoms with Crippen LogP contribution in [0.3, 0.4) is 0 Å². The van der Waals surface area contributed by atoms with Crippen LogP contribution in [0.2, 0.25) is 0 Å². The van der Waals surface area contributed by atoms with Gasteiger partial charge in [0.25, 0.3) is 5.91 Å². The number of para-hydroxylation sites is 2. The summed E-state index contributed by atoms with van der Waals surface area (Å²) < 4.78 is 10.8. The Morgan fingerprint density at radius 1 is 1.16 bits per heavy atom. The standard InChI is InChI=1S/C19H31N3O3/c1-15(2)16(22-11-9-21(3)10-12-22)13-20-19(23)14-25-18-8-6-5-7-17(18)24-4/h5-8,15-16H,9-14H2,1-4H3,(H,20,23). The van der Waals surface area contributed by atoms with Gasteiger partial charge in [-0.25, -0.2) is 0 Å². The number of hydrogen-bond donors (Lipinski definition) is 1. The van der Waals surface area contributed by atoms with Gasteiger partial charge in [0.1, 0.15) is 0 Å². The van der Waals surface area contributed by atoms with E-state index in [0.29, 0.717) is 30.0 Å². The van der Waals surface area contributed by atoms with Crippen molar-refractivity contribution >= 4 is 5.91 Å². The van der Waals surface area contributed by atoms with Crippen LogP contribution in [0.5, 0.6) is 11.5 Å². The zero-order valence-electron chi connectivity index (χ0n) is 15.8. The molecule has 1 aromatic carbocycles. The van der Waals surface area contributed by atoms with Crippen molar-refractivity contribution in [2.75, 3.05) is 53.5 Å². The molecule has 1 atom stereocenters. The van der Waals surface area contributed by atoms with E-state index >= 15 is 0 Å². The summed E-state index contributed by atoms with van der Waals surface area (Å²) in [5.74, 6) is 1.59. The van der Waals surface area contributed by atoms with E-state index in [1.54, 1.807) is 13.2 Å². The number of nitrogens with one attached hydrogen (secondary N) is 1. The second-order valence-electron chi connectivity index (χ2n) is 6.89. The lowest BCUT2D eigenvalue weighted by molar-refractivity contribution is -0.123. The molecule has 2 rings (SSSR count). The molecule has 1 saturated heterocycles. The minimum absolute atomic E-state index is 0.00603. The summed E-state index contributed by atoms with van der Waals surface area (Å²) >= 11 is 0. The molecule has 1 aliphatic heterocycles. The van der Waals surface area contributed by atoms with Gasteiger partial charge >= 0.3 is 0 Å². The minimum Gasteiger partial charge on any atom is -0.493 e. The number of ether oxygens (including phenoxy) is 2. The van der Waals surface area contributed by atoms with Crippen molar-refractivity contribution in [1.29, 1.82) is 0 Å². The molecule has 1 amide bonds. The molecule has 0 saturated carbocycles. The number of rotatable bonds is 8. The van der Waals surface area contributed by atoms with Gasteiger partial charge in [-0.05, 0) is 25.1 Å². The van der Waals surface area contributed by atoms with Crippen LogP contribution in [0.15, 0.2) is 24.3 Å². The van der Waals surface area contributed by atoms with Gasteiger partial charge in [0.15, 0.2) is 18.1 Å². The van der Waals surface area contributed by atoms with Crippen molar-refractivity contribution in [2.45, 2.75) is 19.9 Å². The molecular formula is C19H31N3O3. The maximum atomic E-state index is 12.2. The summed E-state index contributed by atoms with van der Waals surface area (Å²) in [7, 11) is 3.74. The third-order valence-electron chi connectivity index (χ3n) is 4.71. The van der Waals surface area contributed by atoms with Gasteiger partial charge in [-0.3, -0.25) is 9.69 Å². The molecule has 6 nitrogen and oxygen atoms in total. The summed E-state index contributed by atoms with van der Waals surface area (Å²) in [6.07, 6.45) is 0. The third kappa shape index (κ3) is 5.90. The van der Waals surface area contributed by atoms with Crippen LogP contribution in [-0.2, 0) is 4.79 Å². The van der Waals surface area contributed by atoms with E-state index in [0.717, 1.165) is 26.2 Å². The van der Waals surface area contributed by atoms with Crippen LogP contribution >= 0.6 is 0 Å². The van der Waals surface area contributed by atoms with E-state index in [1.807, 2.05) is 18.2 Å². The van der Waals surface area contributed by atoms with Crippen molar-refractivity contribution in [3.05, 3.63) is 24.3 Å². The summed E-state index contributed by atoms with van der Waals surface area (Å²) in [4.78, 5) is 17.0. The highest BCUT2D eigenvalue weighted by Crippen LogP contribution is 2.25. The molecule has 140 valence electrons. The quantitative estimate of drug-likeness (QED) is 0.770. The lowest BCUT2D eigenvalue weighted by atomic mass is 10.0. The maximum Gasteiger partial charge on any atom is 0.257 e. The highest BCUT2D eigenvalue weighted by atomic mass is 16.5. The number of likely N-dealkylation sites (N-methyl/N-ethyl adjacent to an activating group) is 1. The third-order valence-corrected chi connectivity index (χ3v) is 4.71. The first kappa shape index (κ1) is 19.5. The molecule has 0 aliphatic carbocycles. The summed E-state index contributed by atoms with van der Waals surface area (Å²) in [5, 5.41) is 3.02. The van der Waals surface area contributed by atoms with Crippen LogP contribution in [0.25, 0.3) is 0 Å². The fourth-order valence-corrected chi connectivity index (χ4v) is 3.09. The molecule has 0 radical (unpaired) electrons. The predicted molar refractivity (Wildman–Crippen MR) is 99.2 cm³/mol. The molecule has 1 unspecified atom stereocenters. The van der Waals surface area contributed by atoms with Gasteiger partial charge in [-0.1, -0.05) is 26.0 Å². The molecule has 1 fully saturated rings. The first-order valence-corrected chi connectivity index (χ1v) is 8.96. The summed E-state index contributed by atoms with van der Waals surface area (Å²) in [6, 6.07) is 7.69. The fraction of sp³-hybridized carbons (Fsp3) is 0.632. The van der Waals surface area contributed by atoms with E-state index in [2.05, 4.69) is 36.0 Å². The number of nitrogens with zero attached hydrogens (tertiary/aromatic N) is 2. The van der Waals surface area contributed by atoms with E-state index in [1.165, 1.54) is 0 Å². The predicted octanol–water partition coefficient (Wildman–Crippen LogP) is 1.46. The van der Waals surface area contributed by atoms with Gasteiger partial charge in [0.2, 0.25) is 0 Å². The molecule has 0 aromatic heterocycles. The van der Waals surface area contributed by atoms with Gasteiger partial charge in [-0.2, -0.15) is 0 Å². The lowest BCUT2D eigenvalue weighted by Gasteiger charge is -2.39. The number of carbonyl (C=O) groups is 1. The smallest absolute Gasteiger partial charge is 0.257 e. The Labute approximate surface area is 151 Å². The average molecular weight is 349 g/mol. The van der Waals surface area contributed by atoms with E-state index < -0.39 is 0 Å². The Bertz CT molecular complexity index is 542. The topological polar surface area (TPSA) is 54.0 Å². The first-order chi connectivity index (χ1) is 12.0. The zero-order chi connectivity index (χ0) is 18.2. The zero-order valence-corrected chi connectivity index (χ0v) is 15.8. The van der Waals surface area contributed by atoms with Gasteiger partial charge < -0.3 is 19.7 Å². The van der Waals surface area contributed by atoms with Crippen LogP contribution in [-0.4, -0.2) is 75.2 Å². The summed E-state index contributed by atoms with van der Waals surface area (Å²) in [5.41, 5.74) is 0. The van der Waals surface area contributed by atoms with Gasteiger partial charge in [0.05, 0.1) is 7.11 Å². The number of methoxy groups -OCH3 is 1. The number of amides is 1. The normalized spacial score (nSPS) is 17.3. The highest BCUT2D eigenvalue weighted by Gasteiger charge is 2.25. The molecule has 1 aliphatic rings. The van der Waals surface area contributed by atoms with Crippen LogP contribution < -0.4 is 14.8 Å². The Balaban J connectivity index is 1.80. The lowest BCUT2D eigenvalue weighted by Crippen LogP contribution is -2.54. The van der Waals surface area contributed by atoms with Crippen molar-refractivity contribution in [2.24, 2.45) is 5.92 Å². The van der Waals surface area contributed by atoms with Gasteiger partial charge in [-0.15, -0.1) is 0 Å². The Kier molecular flexibility index (Phi) is 7.52. The van der Waals surface area contributed by atoms with Crippen molar-refractivity contribution in [3.63, 3.8) is 0 Å². The minimum atomic E-state index is -0.106. The second-order valence-corrected chi connectivity index (χ2v) is 6.89. The molecule has 0 bridgehead atoms. The Morgan fingerprint density at radius 3 is 2.40 bits per heavy atom. The fourth-order valence-electron chi connectivity index (χ4n) is 3.09. The molecule has 1 heterocycles. The molecule has 25 heavy (non-hydrogen) atoms. The van der Waals surface area contributed by atoms with Crippen molar-refractivity contribution in [1.82, 2.24) is 15.1 Å². The van der Waals surface area contributed by atoms with E-state index in [9.17, 15) is 4.79 Å². The van der Waals surface area contributed by atoms with Crippen LogP contribution in [0.1, 0.15) is 13.8 Å². The SMILES string of the molecule is COc1ccccc1OCC(=O)NCC(C(C)C)N1CCN(C)CC1. The van der Waals surface area contributed by atoms with Crippen LogP contribution in [0.4, 0.5) is 0 Å². The number of hydrogen-bond acceptors (Lipinski definition) is 5. The van der Waals surface area contributed by atoms with Crippen molar-refractivity contribution < 1.29 is 14.3 Å². The molecule has 1 aromatic rings. The second kappa shape index (κ2) is 9.63.